The van der Waals surface area contributed by atoms with Crippen LogP contribution in [0.5, 0.6) is 5.75 Å². The number of nitrogens with zero attached hydrogens (tertiary/aromatic N) is 2. The number of furan rings is 1. The Morgan fingerprint density at radius 3 is 2.67 bits per heavy atom. The van der Waals surface area contributed by atoms with Crippen LogP contribution in [0.1, 0.15) is 19.1 Å². The summed E-state index contributed by atoms with van der Waals surface area (Å²) in [7, 11) is 1.68. The molecular formula is C19H21N3O4S. The fourth-order valence-corrected chi connectivity index (χ4v) is 3.22. The standard InChI is InChI=1S/C19H21N3O4S/c1-3-25-14-8-6-13(7-9-14)22-17(23)11-16(18(22)24)21(19(27)20-2)12-15-5-4-10-26-15/h4-10,16H,3,11-12H2,1-2H3,(H,20,27). The summed E-state index contributed by atoms with van der Waals surface area (Å²) < 4.78 is 10.8. The van der Waals surface area contributed by atoms with Gasteiger partial charge in [-0.1, -0.05) is 0 Å². The molecule has 27 heavy (non-hydrogen) atoms. The summed E-state index contributed by atoms with van der Waals surface area (Å²) in [4.78, 5) is 28.5. The molecule has 1 aromatic carbocycles. The lowest BCUT2D eigenvalue weighted by Crippen LogP contribution is -2.48. The molecule has 0 bridgehead atoms. The molecule has 8 heteroatoms. The van der Waals surface area contributed by atoms with E-state index in [-0.39, 0.29) is 18.2 Å². The van der Waals surface area contributed by atoms with Crippen LogP contribution in [0.3, 0.4) is 0 Å². The van der Waals surface area contributed by atoms with Crippen molar-refractivity contribution in [1.29, 1.82) is 0 Å². The quantitative estimate of drug-likeness (QED) is 0.602. The van der Waals surface area contributed by atoms with Crippen LogP contribution < -0.4 is 15.0 Å². The smallest absolute Gasteiger partial charge is 0.257 e. The van der Waals surface area contributed by atoms with Gasteiger partial charge in [-0.2, -0.15) is 0 Å². The van der Waals surface area contributed by atoms with E-state index < -0.39 is 6.04 Å². The molecule has 1 fully saturated rings. The Kier molecular flexibility index (Phi) is 5.75. The number of thiocarbonyl (C=S) groups is 1. The van der Waals surface area contributed by atoms with Gasteiger partial charge in [0.25, 0.3) is 5.91 Å². The average molecular weight is 387 g/mol. The van der Waals surface area contributed by atoms with E-state index in [1.807, 2.05) is 6.92 Å². The first-order valence-corrected chi connectivity index (χ1v) is 9.06. The number of imide groups is 1. The van der Waals surface area contributed by atoms with Gasteiger partial charge < -0.3 is 19.4 Å². The first kappa shape index (κ1) is 18.9. The maximum Gasteiger partial charge on any atom is 0.257 e. The van der Waals surface area contributed by atoms with Gasteiger partial charge in [0, 0.05) is 7.05 Å². The van der Waals surface area contributed by atoms with Crippen molar-refractivity contribution >= 4 is 34.8 Å². The van der Waals surface area contributed by atoms with Gasteiger partial charge in [0.15, 0.2) is 5.11 Å². The number of carbonyl (C=O) groups excluding carboxylic acids is 2. The van der Waals surface area contributed by atoms with Crippen LogP contribution in [0.15, 0.2) is 47.1 Å². The summed E-state index contributed by atoms with van der Waals surface area (Å²) in [6.07, 6.45) is 1.61. The van der Waals surface area contributed by atoms with Crippen molar-refractivity contribution < 1.29 is 18.7 Å². The Morgan fingerprint density at radius 2 is 2.07 bits per heavy atom. The molecule has 2 aromatic rings. The lowest BCUT2D eigenvalue weighted by Gasteiger charge is -2.28. The molecule has 0 radical (unpaired) electrons. The highest BCUT2D eigenvalue weighted by molar-refractivity contribution is 7.80. The van der Waals surface area contributed by atoms with Gasteiger partial charge in [0.2, 0.25) is 5.91 Å². The Morgan fingerprint density at radius 1 is 1.33 bits per heavy atom. The number of hydrogen-bond donors (Lipinski definition) is 1. The molecule has 7 nitrogen and oxygen atoms in total. The molecule has 0 aliphatic carbocycles. The number of benzene rings is 1. The van der Waals surface area contributed by atoms with E-state index in [9.17, 15) is 9.59 Å². The van der Waals surface area contributed by atoms with E-state index in [1.165, 1.54) is 4.90 Å². The maximum atomic E-state index is 13.0. The molecule has 0 spiro atoms. The van der Waals surface area contributed by atoms with E-state index in [4.69, 9.17) is 21.4 Å². The van der Waals surface area contributed by atoms with Crippen molar-refractivity contribution in [2.24, 2.45) is 0 Å². The minimum Gasteiger partial charge on any atom is -0.494 e. The van der Waals surface area contributed by atoms with Crippen molar-refractivity contribution in [2.75, 3.05) is 18.6 Å². The van der Waals surface area contributed by atoms with Gasteiger partial charge in [-0.05, 0) is 55.5 Å². The molecule has 1 aliphatic heterocycles. The first-order valence-electron chi connectivity index (χ1n) is 8.65. The molecule has 2 amide bonds. The van der Waals surface area contributed by atoms with Crippen molar-refractivity contribution in [3.8, 4) is 5.75 Å². The van der Waals surface area contributed by atoms with Crippen LogP contribution in [0.4, 0.5) is 5.69 Å². The molecule has 0 saturated carbocycles. The number of rotatable bonds is 6. The zero-order valence-corrected chi connectivity index (χ0v) is 16.0. The molecule has 3 rings (SSSR count). The van der Waals surface area contributed by atoms with Crippen LogP contribution in [-0.4, -0.2) is 41.5 Å². The highest BCUT2D eigenvalue weighted by Gasteiger charge is 2.43. The molecule has 1 aromatic heterocycles. The monoisotopic (exact) mass is 387 g/mol. The predicted molar refractivity (Wildman–Crippen MR) is 104 cm³/mol. The zero-order chi connectivity index (χ0) is 19.4. The highest BCUT2D eigenvalue weighted by atomic mass is 32.1. The summed E-state index contributed by atoms with van der Waals surface area (Å²) in [5.74, 6) is 0.769. The van der Waals surface area contributed by atoms with Gasteiger partial charge in [-0.15, -0.1) is 0 Å². The van der Waals surface area contributed by atoms with Crippen LogP contribution in [-0.2, 0) is 16.1 Å². The molecule has 1 aliphatic rings. The summed E-state index contributed by atoms with van der Waals surface area (Å²) >= 11 is 5.35. The summed E-state index contributed by atoms with van der Waals surface area (Å²) in [5.41, 5.74) is 0.518. The van der Waals surface area contributed by atoms with E-state index >= 15 is 0 Å². The van der Waals surface area contributed by atoms with Gasteiger partial charge in [-0.25, -0.2) is 4.90 Å². The zero-order valence-electron chi connectivity index (χ0n) is 15.2. The van der Waals surface area contributed by atoms with Crippen molar-refractivity contribution in [1.82, 2.24) is 10.2 Å². The van der Waals surface area contributed by atoms with Crippen molar-refractivity contribution in [2.45, 2.75) is 25.9 Å². The second-order valence-corrected chi connectivity index (χ2v) is 6.36. The minimum absolute atomic E-state index is 0.0502. The number of carbonyl (C=O) groups is 2. The van der Waals surface area contributed by atoms with E-state index in [2.05, 4.69) is 5.32 Å². The van der Waals surface area contributed by atoms with E-state index in [0.29, 0.717) is 35.5 Å². The third-order valence-electron chi connectivity index (χ3n) is 4.29. The first-order chi connectivity index (χ1) is 13.0. The molecule has 1 atom stereocenters. The normalized spacial score (nSPS) is 16.5. The second-order valence-electron chi connectivity index (χ2n) is 5.98. The third kappa shape index (κ3) is 3.95. The lowest BCUT2D eigenvalue weighted by molar-refractivity contribution is -0.122. The molecular weight excluding hydrogens is 366 g/mol. The lowest BCUT2D eigenvalue weighted by atomic mass is 10.2. The van der Waals surface area contributed by atoms with Gasteiger partial charge >= 0.3 is 0 Å². The minimum atomic E-state index is -0.686. The topological polar surface area (TPSA) is 75.0 Å². The van der Waals surface area contributed by atoms with Crippen molar-refractivity contribution in [3.05, 3.63) is 48.4 Å². The van der Waals surface area contributed by atoms with Gasteiger partial charge in [-0.3, -0.25) is 9.59 Å². The highest BCUT2D eigenvalue weighted by Crippen LogP contribution is 2.28. The Hall–Kier alpha value is -2.87. The summed E-state index contributed by atoms with van der Waals surface area (Å²) in [5, 5.41) is 3.26. The van der Waals surface area contributed by atoms with Crippen LogP contribution in [0.2, 0.25) is 0 Å². The van der Waals surface area contributed by atoms with Crippen LogP contribution in [0.25, 0.3) is 0 Å². The molecule has 2 heterocycles. The van der Waals surface area contributed by atoms with E-state index in [1.54, 1.807) is 54.6 Å². The Bertz CT molecular complexity index is 820. The number of hydrogen-bond acceptors (Lipinski definition) is 5. The molecule has 142 valence electrons. The number of amides is 2. The summed E-state index contributed by atoms with van der Waals surface area (Å²) in [6.45, 7) is 2.74. The average Bonchev–Trinajstić information content (AvgIpc) is 3.28. The Labute approximate surface area is 162 Å². The predicted octanol–water partition coefficient (Wildman–Crippen LogP) is 2.32. The third-order valence-corrected chi connectivity index (χ3v) is 4.72. The van der Waals surface area contributed by atoms with Crippen LogP contribution >= 0.6 is 12.2 Å². The Balaban J connectivity index is 1.83. The summed E-state index contributed by atoms with van der Waals surface area (Å²) in [6, 6.07) is 9.78. The number of anilines is 1. The fraction of sp³-hybridized carbons (Fsp3) is 0.316. The molecule has 1 N–H and O–H groups in total. The maximum absolute atomic E-state index is 13.0. The number of ether oxygens (including phenoxy) is 1. The largest absolute Gasteiger partial charge is 0.494 e. The fourth-order valence-electron chi connectivity index (χ4n) is 3.03. The molecule has 1 saturated heterocycles. The number of nitrogens with one attached hydrogen (secondary N) is 1. The van der Waals surface area contributed by atoms with Gasteiger partial charge in [0.05, 0.1) is 31.5 Å². The van der Waals surface area contributed by atoms with Crippen molar-refractivity contribution in [3.63, 3.8) is 0 Å². The SMILES string of the molecule is CCOc1ccc(N2C(=O)CC(N(Cc3ccco3)C(=S)NC)C2=O)cc1. The van der Waals surface area contributed by atoms with Crippen LogP contribution in [0, 0.1) is 0 Å². The second kappa shape index (κ2) is 8.22. The van der Waals surface area contributed by atoms with Gasteiger partial charge in [0.1, 0.15) is 17.6 Å². The van der Waals surface area contributed by atoms with E-state index in [0.717, 1.165) is 0 Å². The molecule has 1 unspecified atom stereocenters.